The summed E-state index contributed by atoms with van der Waals surface area (Å²) in [6.45, 7) is 3.21. The zero-order valence-corrected chi connectivity index (χ0v) is 17.6. The number of carbonyl (C=O) groups is 3. The fourth-order valence-corrected chi connectivity index (χ4v) is 5.24. The number of para-hydroxylation sites is 1. The first-order valence-electron chi connectivity index (χ1n) is 11.0. The Labute approximate surface area is 179 Å². The number of rotatable bonds is 3. The maximum atomic E-state index is 13.1. The zero-order valence-electron chi connectivity index (χ0n) is 17.6. The lowest BCUT2D eigenvalue weighted by Crippen LogP contribution is -2.50. The second kappa shape index (κ2) is 7.64. The van der Waals surface area contributed by atoms with Crippen LogP contribution < -0.4 is 16.3 Å². The number of hydrogen-bond acceptors (Lipinski definition) is 5. The van der Waals surface area contributed by atoms with Gasteiger partial charge in [0.05, 0.1) is 11.0 Å². The van der Waals surface area contributed by atoms with E-state index >= 15 is 0 Å². The normalized spacial score (nSPS) is 26.6. The Kier molecular flexibility index (Phi) is 4.92. The molecule has 3 aliphatic rings. The van der Waals surface area contributed by atoms with Crippen molar-refractivity contribution >= 4 is 28.8 Å². The quantitative estimate of drug-likeness (QED) is 0.686. The number of aromatic nitrogens is 2. The van der Waals surface area contributed by atoms with Crippen LogP contribution in [0.5, 0.6) is 0 Å². The zero-order chi connectivity index (χ0) is 21.7. The highest BCUT2D eigenvalue weighted by atomic mass is 16.2. The average molecular weight is 425 g/mol. The topological polar surface area (TPSA) is 105 Å². The molecule has 1 aliphatic carbocycles. The van der Waals surface area contributed by atoms with Gasteiger partial charge in [0.25, 0.3) is 0 Å². The Bertz CT molecular complexity index is 1120. The predicted molar refractivity (Wildman–Crippen MR) is 114 cm³/mol. The second-order valence-electron chi connectivity index (χ2n) is 8.83. The Morgan fingerprint density at radius 1 is 1.10 bits per heavy atom. The first-order valence-corrected chi connectivity index (χ1v) is 11.0. The van der Waals surface area contributed by atoms with Gasteiger partial charge in [0.2, 0.25) is 17.7 Å². The molecule has 9 heteroatoms. The van der Waals surface area contributed by atoms with Crippen molar-refractivity contribution in [3.05, 3.63) is 34.2 Å². The molecule has 1 aromatic heterocycles. The summed E-state index contributed by atoms with van der Waals surface area (Å²) in [6, 6.07) is 5.09. The van der Waals surface area contributed by atoms with Gasteiger partial charge in [-0.2, -0.15) is 0 Å². The van der Waals surface area contributed by atoms with Crippen LogP contribution in [-0.2, 0) is 21.4 Å². The summed E-state index contributed by atoms with van der Waals surface area (Å²) in [7, 11) is 1.72. The third-order valence-corrected chi connectivity index (χ3v) is 7.01. The van der Waals surface area contributed by atoms with E-state index in [-0.39, 0.29) is 35.8 Å². The monoisotopic (exact) mass is 425 g/mol. The highest BCUT2D eigenvalue weighted by Crippen LogP contribution is 2.44. The van der Waals surface area contributed by atoms with Crippen LogP contribution in [0.15, 0.2) is 23.0 Å². The second-order valence-corrected chi connectivity index (χ2v) is 8.83. The lowest BCUT2D eigenvalue weighted by Gasteiger charge is -2.39. The molecule has 2 saturated heterocycles. The first kappa shape index (κ1) is 20.0. The average Bonchev–Trinajstić information content (AvgIpc) is 2.99. The molecule has 2 N–H and O–H groups in total. The molecule has 0 radical (unpaired) electrons. The molecule has 1 aromatic carbocycles. The highest BCUT2D eigenvalue weighted by Gasteiger charge is 2.39. The third-order valence-electron chi connectivity index (χ3n) is 7.01. The van der Waals surface area contributed by atoms with Gasteiger partial charge in [-0.3, -0.25) is 28.8 Å². The number of nitrogens with zero attached hydrogens (tertiary/aromatic N) is 3. The Hall–Kier alpha value is -2.94. The SMILES string of the molecule is Cn1c(=O)n(C2CCC(=O)NC2=O)c2cccc(C3CC(C(=O)N4CCNCC4)C3)c21. The number of nitrogens with one attached hydrogen (secondary N) is 2. The van der Waals surface area contributed by atoms with E-state index in [4.69, 9.17) is 0 Å². The predicted octanol–water partition coefficient (Wildman–Crippen LogP) is 0.243. The number of fused-ring (bicyclic) bond motifs is 1. The summed E-state index contributed by atoms with van der Waals surface area (Å²) in [5.41, 5.74) is 2.31. The van der Waals surface area contributed by atoms with Crippen LogP contribution in [0.2, 0.25) is 0 Å². The summed E-state index contributed by atoms with van der Waals surface area (Å²) < 4.78 is 3.11. The van der Waals surface area contributed by atoms with Crippen LogP contribution in [0.25, 0.3) is 11.0 Å². The number of piperazine rings is 1. The van der Waals surface area contributed by atoms with E-state index in [0.717, 1.165) is 50.1 Å². The number of carbonyl (C=O) groups excluding carboxylic acids is 3. The van der Waals surface area contributed by atoms with Gasteiger partial charge in [-0.05, 0) is 36.8 Å². The van der Waals surface area contributed by atoms with Gasteiger partial charge < -0.3 is 10.2 Å². The fraction of sp³-hybridized carbons (Fsp3) is 0.545. The van der Waals surface area contributed by atoms with Gasteiger partial charge in [0.1, 0.15) is 6.04 Å². The number of piperidine rings is 1. The smallest absolute Gasteiger partial charge is 0.329 e. The van der Waals surface area contributed by atoms with Gasteiger partial charge in [0.15, 0.2) is 0 Å². The van der Waals surface area contributed by atoms with Crippen molar-refractivity contribution in [1.29, 1.82) is 0 Å². The molecule has 1 atom stereocenters. The van der Waals surface area contributed by atoms with E-state index in [2.05, 4.69) is 10.6 Å². The van der Waals surface area contributed by atoms with Gasteiger partial charge >= 0.3 is 5.69 Å². The molecule has 5 rings (SSSR count). The molecular weight excluding hydrogens is 398 g/mol. The summed E-state index contributed by atoms with van der Waals surface area (Å²) >= 11 is 0. The minimum Gasteiger partial charge on any atom is -0.340 e. The van der Waals surface area contributed by atoms with Crippen molar-refractivity contribution in [2.75, 3.05) is 26.2 Å². The van der Waals surface area contributed by atoms with E-state index < -0.39 is 11.9 Å². The van der Waals surface area contributed by atoms with E-state index in [1.165, 1.54) is 4.57 Å². The molecule has 2 aromatic rings. The summed E-state index contributed by atoms with van der Waals surface area (Å²) in [5.74, 6) is -0.247. The van der Waals surface area contributed by atoms with Crippen LogP contribution in [0.4, 0.5) is 0 Å². The standard InChI is InChI=1S/C22H27N5O4/c1-25-19-15(13-11-14(12-13)21(30)26-9-7-23-8-10-26)3-2-4-16(19)27(22(25)31)17-5-6-18(28)24-20(17)29/h2-4,13-14,17,23H,5-12H2,1H3,(H,24,28,29). The molecule has 0 spiro atoms. The molecule has 3 heterocycles. The maximum absolute atomic E-state index is 13.1. The summed E-state index contributed by atoms with van der Waals surface area (Å²) in [5, 5.41) is 5.61. The number of imide groups is 1. The summed E-state index contributed by atoms with van der Waals surface area (Å²) in [6.07, 6.45) is 2.09. The molecule has 2 aliphatic heterocycles. The van der Waals surface area contributed by atoms with Crippen molar-refractivity contribution in [3.8, 4) is 0 Å². The van der Waals surface area contributed by atoms with E-state index in [1.807, 2.05) is 23.1 Å². The van der Waals surface area contributed by atoms with Gasteiger partial charge in [0, 0.05) is 45.6 Å². The Morgan fingerprint density at radius 2 is 1.84 bits per heavy atom. The van der Waals surface area contributed by atoms with E-state index in [9.17, 15) is 19.2 Å². The van der Waals surface area contributed by atoms with Crippen LogP contribution in [0, 0.1) is 5.92 Å². The number of aryl methyl sites for hydroxylation is 1. The molecule has 9 nitrogen and oxygen atoms in total. The lowest BCUT2D eigenvalue weighted by molar-refractivity contribution is -0.139. The van der Waals surface area contributed by atoms with Crippen LogP contribution in [0.1, 0.15) is 43.2 Å². The third kappa shape index (κ3) is 3.27. The minimum absolute atomic E-state index is 0.0348. The van der Waals surface area contributed by atoms with Crippen molar-refractivity contribution in [3.63, 3.8) is 0 Å². The number of hydrogen-bond donors (Lipinski definition) is 2. The van der Waals surface area contributed by atoms with Gasteiger partial charge in [-0.25, -0.2) is 4.79 Å². The van der Waals surface area contributed by atoms with Crippen LogP contribution in [-0.4, -0.2) is 57.9 Å². The Balaban J connectivity index is 1.43. The van der Waals surface area contributed by atoms with E-state index in [0.29, 0.717) is 11.9 Å². The molecule has 0 bridgehead atoms. The van der Waals surface area contributed by atoms with Crippen LogP contribution >= 0.6 is 0 Å². The van der Waals surface area contributed by atoms with E-state index in [1.54, 1.807) is 11.6 Å². The number of imidazole rings is 1. The molecule has 3 fully saturated rings. The summed E-state index contributed by atoms with van der Waals surface area (Å²) in [4.78, 5) is 51.8. The van der Waals surface area contributed by atoms with Gasteiger partial charge in [-0.1, -0.05) is 12.1 Å². The highest BCUT2D eigenvalue weighted by molar-refractivity contribution is 6.00. The van der Waals surface area contributed by atoms with Crippen molar-refractivity contribution < 1.29 is 14.4 Å². The molecule has 31 heavy (non-hydrogen) atoms. The van der Waals surface area contributed by atoms with Crippen molar-refractivity contribution in [1.82, 2.24) is 24.7 Å². The molecule has 164 valence electrons. The Morgan fingerprint density at radius 3 is 2.55 bits per heavy atom. The molecule has 1 unspecified atom stereocenters. The largest absolute Gasteiger partial charge is 0.340 e. The number of amides is 3. The van der Waals surface area contributed by atoms with Gasteiger partial charge in [-0.15, -0.1) is 0 Å². The minimum atomic E-state index is -0.687. The van der Waals surface area contributed by atoms with Crippen LogP contribution in [0.3, 0.4) is 0 Å². The molecular formula is C22H27N5O4. The number of benzene rings is 1. The first-order chi connectivity index (χ1) is 15.0. The maximum Gasteiger partial charge on any atom is 0.329 e. The fourth-order valence-electron chi connectivity index (χ4n) is 5.24. The molecule has 1 saturated carbocycles. The molecule has 3 amide bonds. The van der Waals surface area contributed by atoms with Crippen molar-refractivity contribution in [2.45, 2.75) is 37.6 Å². The van der Waals surface area contributed by atoms with Crippen molar-refractivity contribution in [2.24, 2.45) is 13.0 Å². The lowest BCUT2D eigenvalue weighted by atomic mass is 9.70.